The third-order valence-corrected chi connectivity index (χ3v) is 3.56. The van der Waals surface area contributed by atoms with Crippen molar-refractivity contribution in [1.82, 2.24) is 15.0 Å². The Labute approximate surface area is 113 Å². The van der Waals surface area contributed by atoms with Gasteiger partial charge in [-0.1, -0.05) is 25.9 Å². The number of hydrogen-bond donors (Lipinski definition) is 1. The van der Waals surface area contributed by atoms with Crippen LogP contribution in [0.3, 0.4) is 0 Å². The molecule has 0 aliphatic carbocycles. The van der Waals surface area contributed by atoms with E-state index in [1.54, 1.807) is 0 Å². The molecule has 2 N–H and O–H groups in total. The zero-order chi connectivity index (χ0) is 14.0. The van der Waals surface area contributed by atoms with E-state index in [9.17, 15) is 4.79 Å². The van der Waals surface area contributed by atoms with Gasteiger partial charge in [0.25, 0.3) is 0 Å². The van der Waals surface area contributed by atoms with Crippen LogP contribution in [-0.2, 0) is 4.79 Å². The van der Waals surface area contributed by atoms with E-state index in [1.165, 1.54) is 0 Å². The van der Waals surface area contributed by atoms with Crippen molar-refractivity contribution in [3.8, 4) is 0 Å². The molecule has 1 aliphatic heterocycles. The lowest BCUT2D eigenvalue weighted by Gasteiger charge is -2.24. The zero-order valence-corrected chi connectivity index (χ0v) is 11.8. The lowest BCUT2D eigenvalue weighted by Crippen LogP contribution is -2.37. The fourth-order valence-electron chi connectivity index (χ4n) is 2.30. The van der Waals surface area contributed by atoms with Gasteiger partial charge in [0.15, 0.2) is 5.82 Å². The van der Waals surface area contributed by atoms with Gasteiger partial charge >= 0.3 is 0 Å². The van der Waals surface area contributed by atoms with Gasteiger partial charge in [-0.3, -0.25) is 4.79 Å². The van der Waals surface area contributed by atoms with Crippen LogP contribution in [-0.4, -0.2) is 34.0 Å². The van der Waals surface area contributed by atoms with Crippen LogP contribution in [0.1, 0.15) is 57.3 Å². The molecule has 19 heavy (non-hydrogen) atoms. The molecule has 2 heterocycles. The van der Waals surface area contributed by atoms with Gasteiger partial charge in [0.1, 0.15) is 0 Å². The highest BCUT2D eigenvalue weighted by atomic mass is 16.5. The Bertz CT molecular complexity index is 444. The summed E-state index contributed by atoms with van der Waals surface area (Å²) in [6.07, 6.45) is 1.86. The van der Waals surface area contributed by atoms with Crippen LogP contribution in [0.25, 0.3) is 0 Å². The lowest BCUT2D eigenvalue weighted by atomic mass is 10.1. The molecule has 0 bridgehead atoms. The summed E-state index contributed by atoms with van der Waals surface area (Å²) in [5.74, 6) is 1.38. The Balaban J connectivity index is 2.16. The van der Waals surface area contributed by atoms with Gasteiger partial charge in [-0.2, -0.15) is 4.98 Å². The Hall–Kier alpha value is -1.43. The normalized spacial score (nSPS) is 21.1. The van der Waals surface area contributed by atoms with Crippen LogP contribution in [0.15, 0.2) is 4.52 Å². The van der Waals surface area contributed by atoms with Crippen molar-refractivity contribution < 1.29 is 9.32 Å². The fraction of sp³-hybridized carbons (Fsp3) is 0.769. The zero-order valence-electron chi connectivity index (χ0n) is 11.8. The smallest absolute Gasteiger partial charge is 0.229 e. The van der Waals surface area contributed by atoms with E-state index < -0.39 is 0 Å². The number of rotatable bonds is 4. The van der Waals surface area contributed by atoms with Crippen molar-refractivity contribution in [3.05, 3.63) is 11.7 Å². The minimum atomic E-state index is -0.155. The van der Waals surface area contributed by atoms with E-state index in [0.717, 1.165) is 19.4 Å². The highest BCUT2D eigenvalue weighted by molar-refractivity contribution is 5.79. The SMILES string of the molecule is CC(CN)C(=O)N1CCCC1c1noc(C(C)C)n1. The predicted molar refractivity (Wildman–Crippen MR) is 70.3 cm³/mol. The van der Waals surface area contributed by atoms with Crippen LogP contribution in [0.4, 0.5) is 0 Å². The summed E-state index contributed by atoms with van der Waals surface area (Å²) < 4.78 is 5.23. The number of aromatic nitrogens is 2. The van der Waals surface area contributed by atoms with Crippen molar-refractivity contribution in [2.24, 2.45) is 11.7 Å². The first kappa shape index (κ1) is 14.0. The predicted octanol–water partition coefficient (Wildman–Crippen LogP) is 1.45. The van der Waals surface area contributed by atoms with Crippen molar-refractivity contribution in [3.63, 3.8) is 0 Å². The highest BCUT2D eigenvalue weighted by Gasteiger charge is 2.35. The summed E-state index contributed by atoms with van der Waals surface area (Å²) in [6.45, 7) is 6.98. The van der Waals surface area contributed by atoms with E-state index in [1.807, 2.05) is 25.7 Å². The summed E-state index contributed by atoms with van der Waals surface area (Å²) in [4.78, 5) is 18.5. The number of carbonyl (C=O) groups excluding carboxylic acids is 1. The van der Waals surface area contributed by atoms with Gasteiger partial charge in [-0.15, -0.1) is 0 Å². The summed E-state index contributed by atoms with van der Waals surface area (Å²) in [6, 6.07) is -0.0576. The minimum Gasteiger partial charge on any atom is -0.339 e. The highest BCUT2D eigenvalue weighted by Crippen LogP contribution is 2.31. The summed E-state index contributed by atoms with van der Waals surface area (Å²) in [5, 5.41) is 4.03. The molecule has 1 saturated heterocycles. The number of hydrogen-bond acceptors (Lipinski definition) is 5. The average Bonchev–Trinajstić information content (AvgIpc) is 3.04. The first-order chi connectivity index (χ1) is 9.04. The first-order valence-corrected chi connectivity index (χ1v) is 6.88. The Kier molecular flexibility index (Phi) is 4.19. The standard InChI is InChI=1S/C13H22N4O2/c1-8(2)12-15-11(16-19-12)10-5-4-6-17(10)13(18)9(3)7-14/h8-10H,4-7,14H2,1-3H3. The summed E-state index contributed by atoms with van der Waals surface area (Å²) in [5.41, 5.74) is 5.57. The third kappa shape index (κ3) is 2.78. The molecular weight excluding hydrogens is 244 g/mol. The maximum atomic E-state index is 12.3. The molecule has 1 aliphatic rings. The maximum absolute atomic E-state index is 12.3. The van der Waals surface area contributed by atoms with Crippen molar-refractivity contribution >= 4 is 5.91 Å². The molecule has 0 aromatic carbocycles. The molecule has 1 aromatic rings. The van der Waals surface area contributed by atoms with Gasteiger partial charge in [0.05, 0.1) is 6.04 Å². The molecule has 2 rings (SSSR count). The molecule has 106 valence electrons. The molecular formula is C13H22N4O2. The summed E-state index contributed by atoms with van der Waals surface area (Å²) >= 11 is 0. The molecule has 1 fully saturated rings. The van der Waals surface area contributed by atoms with E-state index in [0.29, 0.717) is 18.3 Å². The number of nitrogens with two attached hydrogens (primary N) is 1. The topological polar surface area (TPSA) is 85.3 Å². The minimum absolute atomic E-state index is 0.0576. The van der Waals surface area contributed by atoms with E-state index in [-0.39, 0.29) is 23.8 Å². The van der Waals surface area contributed by atoms with Gasteiger partial charge in [-0.25, -0.2) is 0 Å². The molecule has 2 atom stereocenters. The second-order valence-electron chi connectivity index (χ2n) is 5.47. The fourth-order valence-corrected chi connectivity index (χ4v) is 2.30. The lowest BCUT2D eigenvalue weighted by molar-refractivity contribution is -0.135. The molecule has 2 unspecified atom stereocenters. The molecule has 0 radical (unpaired) electrons. The van der Waals surface area contributed by atoms with Crippen molar-refractivity contribution in [2.75, 3.05) is 13.1 Å². The third-order valence-electron chi connectivity index (χ3n) is 3.56. The number of nitrogens with zero attached hydrogens (tertiary/aromatic N) is 3. The van der Waals surface area contributed by atoms with E-state index >= 15 is 0 Å². The average molecular weight is 266 g/mol. The molecule has 1 amide bonds. The second kappa shape index (κ2) is 5.69. The van der Waals surface area contributed by atoms with Crippen molar-refractivity contribution in [1.29, 1.82) is 0 Å². The van der Waals surface area contributed by atoms with Gasteiger partial charge in [0, 0.05) is 24.9 Å². The van der Waals surface area contributed by atoms with Crippen LogP contribution in [0, 0.1) is 5.92 Å². The van der Waals surface area contributed by atoms with Crippen LogP contribution < -0.4 is 5.73 Å². The second-order valence-corrected chi connectivity index (χ2v) is 5.47. The van der Waals surface area contributed by atoms with E-state index in [2.05, 4.69) is 10.1 Å². The Morgan fingerprint density at radius 2 is 2.26 bits per heavy atom. The largest absolute Gasteiger partial charge is 0.339 e. The van der Waals surface area contributed by atoms with Crippen LogP contribution in [0.5, 0.6) is 0 Å². The number of carbonyl (C=O) groups is 1. The molecule has 6 heteroatoms. The number of amides is 1. The maximum Gasteiger partial charge on any atom is 0.229 e. The summed E-state index contributed by atoms with van der Waals surface area (Å²) in [7, 11) is 0. The molecule has 0 spiro atoms. The number of likely N-dealkylation sites (tertiary alicyclic amines) is 1. The molecule has 0 saturated carbocycles. The Morgan fingerprint density at radius 1 is 1.53 bits per heavy atom. The Morgan fingerprint density at radius 3 is 2.84 bits per heavy atom. The van der Waals surface area contributed by atoms with Crippen molar-refractivity contribution in [2.45, 2.75) is 45.6 Å². The van der Waals surface area contributed by atoms with Crippen LogP contribution >= 0.6 is 0 Å². The quantitative estimate of drug-likeness (QED) is 0.891. The molecule has 1 aromatic heterocycles. The van der Waals surface area contributed by atoms with E-state index in [4.69, 9.17) is 10.3 Å². The monoisotopic (exact) mass is 266 g/mol. The molecule has 6 nitrogen and oxygen atoms in total. The van der Waals surface area contributed by atoms with Crippen LogP contribution in [0.2, 0.25) is 0 Å². The first-order valence-electron chi connectivity index (χ1n) is 6.88. The van der Waals surface area contributed by atoms with Gasteiger partial charge in [-0.05, 0) is 12.8 Å². The van der Waals surface area contributed by atoms with Gasteiger partial charge in [0.2, 0.25) is 11.8 Å². The van der Waals surface area contributed by atoms with Gasteiger partial charge < -0.3 is 15.2 Å².